The fourth-order valence-electron chi connectivity index (χ4n) is 3.22. The first-order valence-corrected chi connectivity index (χ1v) is 7.48. The van der Waals surface area contributed by atoms with Crippen LogP contribution in [0.2, 0.25) is 0 Å². The highest BCUT2D eigenvalue weighted by molar-refractivity contribution is 5.48. The second-order valence-electron chi connectivity index (χ2n) is 6.32. The summed E-state index contributed by atoms with van der Waals surface area (Å²) in [6.45, 7) is 7.79. The van der Waals surface area contributed by atoms with Crippen LogP contribution in [0.1, 0.15) is 24.8 Å². The molecule has 1 saturated heterocycles. The summed E-state index contributed by atoms with van der Waals surface area (Å²) in [4.78, 5) is 5.04. The van der Waals surface area contributed by atoms with Crippen molar-refractivity contribution < 1.29 is 0 Å². The largest absolute Gasteiger partial charge is 0.369 e. The summed E-state index contributed by atoms with van der Waals surface area (Å²) in [6.07, 6.45) is 3.75. The van der Waals surface area contributed by atoms with Gasteiger partial charge in [-0.2, -0.15) is 0 Å². The highest BCUT2D eigenvalue weighted by atomic mass is 15.3. The Morgan fingerprint density at radius 2 is 1.89 bits per heavy atom. The number of hydrogen-bond acceptors (Lipinski definition) is 3. The maximum absolute atomic E-state index is 6.34. The van der Waals surface area contributed by atoms with Gasteiger partial charge in [-0.05, 0) is 43.9 Å². The van der Waals surface area contributed by atoms with E-state index in [0.29, 0.717) is 0 Å². The fraction of sp³-hybridized carbons (Fsp3) is 0.625. The Labute approximate surface area is 116 Å². The molecular formula is C16H25N3. The summed E-state index contributed by atoms with van der Waals surface area (Å²) in [5, 5.41) is 0. The lowest BCUT2D eigenvalue weighted by Gasteiger charge is -2.45. The molecule has 0 aromatic heterocycles. The van der Waals surface area contributed by atoms with E-state index in [2.05, 4.69) is 41.0 Å². The van der Waals surface area contributed by atoms with E-state index < -0.39 is 0 Å². The first-order valence-electron chi connectivity index (χ1n) is 7.48. The van der Waals surface area contributed by atoms with Crippen molar-refractivity contribution in [3.63, 3.8) is 0 Å². The normalized spacial score (nSPS) is 23.2. The van der Waals surface area contributed by atoms with E-state index in [0.717, 1.165) is 32.7 Å². The lowest BCUT2D eigenvalue weighted by atomic mass is 9.77. The summed E-state index contributed by atoms with van der Waals surface area (Å²) in [6, 6.07) is 8.82. The number of nitrogens with two attached hydrogens (primary N) is 1. The van der Waals surface area contributed by atoms with Gasteiger partial charge in [-0.3, -0.25) is 4.90 Å². The molecular weight excluding hydrogens is 234 g/mol. The van der Waals surface area contributed by atoms with Crippen LogP contribution in [-0.2, 0) is 0 Å². The molecule has 0 bridgehead atoms. The third-order valence-corrected chi connectivity index (χ3v) is 4.63. The van der Waals surface area contributed by atoms with Crippen molar-refractivity contribution in [1.82, 2.24) is 4.90 Å². The molecule has 2 aliphatic rings. The Morgan fingerprint density at radius 1 is 1.16 bits per heavy atom. The number of rotatable bonds is 3. The van der Waals surface area contributed by atoms with Gasteiger partial charge in [0, 0.05) is 44.0 Å². The van der Waals surface area contributed by atoms with Crippen molar-refractivity contribution in [2.45, 2.75) is 31.7 Å². The minimum Gasteiger partial charge on any atom is -0.369 e. The second-order valence-corrected chi connectivity index (χ2v) is 6.32. The minimum absolute atomic E-state index is 0.130. The van der Waals surface area contributed by atoms with E-state index in [1.54, 1.807) is 0 Å². The van der Waals surface area contributed by atoms with Gasteiger partial charge in [-0.25, -0.2) is 0 Å². The summed E-state index contributed by atoms with van der Waals surface area (Å²) in [7, 11) is 0. The summed E-state index contributed by atoms with van der Waals surface area (Å²) >= 11 is 0. The Bertz CT molecular complexity index is 431. The summed E-state index contributed by atoms with van der Waals surface area (Å²) < 4.78 is 0. The molecule has 0 amide bonds. The van der Waals surface area contributed by atoms with E-state index in [1.165, 1.54) is 30.5 Å². The molecule has 1 aliphatic heterocycles. The smallest absolute Gasteiger partial charge is 0.0369 e. The summed E-state index contributed by atoms with van der Waals surface area (Å²) in [5.74, 6) is 0. The highest BCUT2D eigenvalue weighted by Crippen LogP contribution is 2.30. The van der Waals surface area contributed by atoms with Gasteiger partial charge in [0.1, 0.15) is 0 Å². The Balaban J connectivity index is 1.54. The minimum atomic E-state index is 0.130. The van der Waals surface area contributed by atoms with Crippen LogP contribution in [0.4, 0.5) is 5.69 Å². The van der Waals surface area contributed by atoms with Gasteiger partial charge in [0.25, 0.3) is 0 Å². The molecule has 1 aromatic rings. The Hall–Kier alpha value is -1.06. The van der Waals surface area contributed by atoms with E-state index in [4.69, 9.17) is 5.73 Å². The average Bonchev–Trinajstić information content (AvgIpc) is 2.38. The monoisotopic (exact) mass is 259 g/mol. The second kappa shape index (κ2) is 5.14. The van der Waals surface area contributed by atoms with Crippen LogP contribution in [0.3, 0.4) is 0 Å². The van der Waals surface area contributed by atoms with Gasteiger partial charge >= 0.3 is 0 Å². The van der Waals surface area contributed by atoms with Crippen molar-refractivity contribution in [2.75, 3.05) is 37.6 Å². The fourth-order valence-corrected chi connectivity index (χ4v) is 3.22. The molecule has 0 atom stereocenters. The predicted octanol–water partition coefficient (Wildman–Crippen LogP) is 2.00. The molecule has 3 heteroatoms. The number of benzene rings is 1. The van der Waals surface area contributed by atoms with Crippen LogP contribution in [0.5, 0.6) is 0 Å². The molecule has 3 rings (SSSR count). The third kappa shape index (κ3) is 2.93. The number of anilines is 1. The molecule has 3 nitrogen and oxygen atoms in total. The number of hydrogen-bond donors (Lipinski definition) is 1. The van der Waals surface area contributed by atoms with E-state index in [9.17, 15) is 0 Å². The van der Waals surface area contributed by atoms with Crippen molar-refractivity contribution in [3.05, 3.63) is 29.8 Å². The molecule has 1 heterocycles. The molecule has 2 N–H and O–H groups in total. The maximum Gasteiger partial charge on any atom is 0.0369 e. The molecule has 0 spiro atoms. The molecule has 0 unspecified atom stereocenters. The van der Waals surface area contributed by atoms with Crippen molar-refractivity contribution in [3.8, 4) is 0 Å². The third-order valence-electron chi connectivity index (χ3n) is 4.63. The SMILES string of the molecule is Cc1cccc(N2CCN(CC3(N)CCC3)CC2)c1. The van der Waals surface area contributed by atoms with Crippen molar-refractivity contribution in [2.24, 2.45) is 5.73 Å². The van der Waals surface area contributed by atoms with Gasteiger partial charge in [-0.1, -0.05) is 12.1 Å². The zero-order valence-corrected chi connectivity index (χ0v) is 11.9. The first-order chi connectivity index (χ1) is 9.15. The van der Waals surface area contributed by atoms with Crippen LogP contribution in [0.25, 0.3) is 0 Å². The zero-order valence-electron chi connectivity index (χ0n) is 11.9. The number of aryl methyl sites for hydroxylation is 1. The van der Waals surface area contributed by atoms with Gasteiger partial charge in [0.15, 0.2) is 0 Å². The summed E-state index contributed by atoms with van der Waals surface area (Å²) in [5.41, 5.74) is 9.18. The van der Waals surface area contributed by atoms with Crippen LogP contribution in [-0.4, -0.2) is 43.2 Å². The predicted molar refractivity (Wildman–Crippen MR) is 80.6 cm³/mol. The van der Waals surface area contributed by atoms with Crippen molar-refractivity contribution >= 4 is 5.69 Å². The number of piperazine rings is 1. The van der Waals surface area contributed by atoms with Crippen LogP contribution >= 0.6 is 0 Å². The lowest BCUT2D eigenvalue weighted by Crippen LogP contribution is -2.58. The topological polar surface area (TPSA) is 32.5 Å². The van der Waals surface area contributed by atoms with E-state index >= 15 is 0 Å². The number of nitrogens with zero attached hydrogens (tertiary/aromatic N) is 2. The molecule has 1 aliphatic carbocycles. The van der Waals surface area contributed by atoms with E-state index in [-0.39, 0.29) is 5.54 Å². The van der Waals surface area contributed by atoms with Crippen LogP contribution in [0.15, 0.2) is 24.3 Å². The highest BCUT2D eigenvalue weighted by Gasteiger charge is 2.34. The molecule has 0 radical (unpaired) electrons. The Morgan fingerprint density at radius 3 is 2.47 bits per heavy atom. The van der Waals surface area contributed by atoms with Gasteiger partial charge in [0.2, 0.25) is 0 Å². The molecule has 1 aromatic carbocycles. The molecule has 19 heavy (non-hydrogen) atoms. The van der Waals surface area contributed by atoms with Gasteiger partial charge < -0.3 is 10.6 Å². The maximum atomic E-state index is 6.34. The van der Waals surface area contributed by atoms with Crippen molar-refractivity contribution in [1.29, 1.82) is 0 Å². The van der Waals surface area contributed by atoms with E-state index in [1.807, 2.05) is 0 Å². The van der Waals surface area contributed by atoms with Gasteiger partial charge in [0.05, 0.1) is 0 Å². The standard InChI is InChI=1S/C16H25N3/c1-14-4-2-5-15(12-14)19-10-8-18(9-11-19)13-16(17)6-3-7-16/h2,4-5,12H,3,6-11,13,17H2,1H3. The van der Waals surface area contributed by atoms with Crippen LogP contribution in [0, 0.1) is 6.92 Å². The molecule has 2 fully saturated rings. The average molecular weight is 259 g/mol. The quantitative estimate of drug-likeness (QED) is 0.901. The zero-order chi connectivity index (χ0) is 13.3. The molecule has 1 saturated carbocycles. The first kappa shape index (κ1) is 12.9. The van der Waals surface area contributed by atoms with Crippen LogP contribution < -0.4 is 10.6 Å². The lowest BCUT2D eigenvalue weighted by molar-refractivity contribution is 0.139. The van der Waals surface area contributed by atoms with Gasteiger partial charge in [-0.15, -0.1) is 0 Å². The Kier molecular flexibility index (Phi) is 3.50. The molecule has 104 valence electrons.